The number of hydrogen-bond acceptors (Lipinski definition) is 6. The number of azide groups is 1. The molecule has 1 fully saturated rings. The van der Waals surface area contributed by atoms with Crippen molar-refractivity contribution in [3.8, 4) is 0 Å². The second-order valence-corrected chi connectivity index (χ2v) is 7.50. The molecule has 7 nitrogen and oxygen atoms in total. The van der Waals surface area contributed by atoms with Crippen molar-refractivity contribution in [1.29, 1.82) is 0 Å². The largest absolute Gasteiger partial charge is 0.453 e. The molecule has 8 heteroatoms. The number of thioether (sulfide) groups is 1. The molecule has 0 radical (unpaired) electrons. The van der Waals surface area contributed by atoms with Crippen LogP contribution in [0.4, 0.5) is 0 Å². The Hall–Kier alpha value is -2.51. The van der Waals surface area contributed by atoms with Crippen LogP contribution in [0.2, 0.25) is 0 Å². The van der Waals surface area contributed by atoms with Crippen LogP contribution in [0.25, 0.3) is 10.4 Å². The van der Waals surface area contributed by atoms with Gasteiger partial charge in [-0.3, -0.25) is 0 Å². The van der Waals surface area contributed by atoms with E-state index in [0.717, 1.165) is 10.5 Å². The minimum atomic E-state index is -0.689. The number of hydrogen-bond donors (Lipinski definition) is 0. The van der Waals surface area contributed by atoms with E-state index in [4.69, 9.17) is 19.7 Å². The van der Waals surface area contributed by atoms with Crippen molar-refractivity contribution < 1.29 is 19.0 Å². The van der Waals surface area contributed by atoms with E-state index >= 15 is 0 Å². The third-order valence-corrected chi connectivity index (χ3v) is 5.55. The fourth-order valence-electron chi connectivity index (χ4n) is 2.96. The predicted molar refractivity (Wildman–Crippen MR) is 106 cm³/mol. The van der Waals surface area contributed by atoms with Crippen molar-refractivity contribution in [2.45, 2.75) is 35.6 Å². The molecule has 0 unspecified atom stereocenters. The van der Waals surface area contributed by atoms with Crippen LogP contribution in [0.3, 0.4) is 0 Å². The van der Waals surface area contributed by atoms with Crippen LogP contribution in [-0.4, -0.2) is 43.4 Å². The monoisotopic (exact) mass is 399 g/mol. The lowest BCUT2D eigenvalue weighted by atomic mass is 10.1. The number of carbonyl (C=O) groups is 1. The van der Waals surface area contributed by atoms with Crippen molar-refractivity contribution >= 4 is 17.7 Å². The molecule has 0 bridgehead atoms. The smallest absolute Gasteiger partial charge is 0.338 e. The molecule has 1 heterocycles. The maximum absolute atomic E-state index is 12.5. The van der Waals surface area contributed by atoms with Gasteiger partial charge in [-0.25, -0.2) is 4.79 Å². The highest BCUT2D eigenvalue weighted by atomic mass is 32.2. The lowest BCUT2D eigenvalue weighted by molar-refractivity contribution is -0.0262. The number of benzene rings is 2. The number of ether oxygens (including phenoxy) is 3. The van der Waals surface area contributed by atoms with Gasteiger partial charge in [0.25, 0.3) is 0 Å². The minimum Gasteiger partial charge on any atom is -0.453 e. The van der Waals surface area contributed by atoms with Crippen LogP contribution in [0.15, 0.2) is 64.6 Å². The van der Waals surface area contributed by atoms with Crippen molar-refractivity contribution in [1.82, 2.24) is 0 Å². The molecule has 1 saturated heterocycles. The van der Waals surface area contributed by atoms with Crippen molar-refractivity contribution in [3.05, 3.63) is 76.2 Å². The summed E-state index contributed by atoms with van der Waals surface area (Å²) in [5.74, 6) is -0.469. The van der Waals surface area contributed by atoms with Crippen LogP contribution in [0.5, 0.6) is 0 Å². The zero-order valence-electron chi connectivity index (χ0n) is 15.6. The summed E-state index contributed by atoms with van der Waals surface area (Å²) < 4.78 is 17.4. The van der Waals surface area contributed by atoms with Gasteiger partial charge in [0.05, 0.1) is 12.1 Å². The number of rotatable bonds is 7. The summed E-state index contributed by atoms with van der Waals surface area (Å²) in [7, 11) is 1.55. The fourth-order valence-corrected chi connectivity index (χ4v) is 4.12. The van der Waals surface area contributed by atoms with Gasteiger partial charge in [-0.05, 0) is 36.7 Å². The van der Waals surface area contributed by atoms with E-state index in [1.165, 1.54) is 11.8 Å². The summed E-state index contributed by atoms with van der Waals surface area (Å²) in [6.07, 6.45) is -1.78. The first-order chi connectivity index (χ1) is 13.6. The fraction of sp³-hybridized carbons (Fsp3) is 0.350. The molecule has 0 aromatic heterocycles. The van der Waals surface area contributed by atoms with Crippen LogP contribution < -0.4 is 0 Å². The average Bonchev–Trinajstić information content (AvgIpc) is 3.04. The Morgan fingerprint density at radius 2 is 1.89 bits per heavy atom. The second kappa shape index (κ2) is 9.61. The van der Waals surface area contributed by atoms with Crippen molar-refractivity contribution in [2.24, 2.45) is 5.11 Å². The Balaban J connectivity index is 1.79. The first-order valence-corrected chi connectivity index (χ1v) is 9.69. The molecular weight excluding hydrogens is 378 g/mol. The Morgan fingerprint density at radius 3 is 2.54 bits per heavy atom. The predicted octanol–water partition coefficient (Wildman–Crippen LogP) is 4.36. The molecule has 0 amide bonds. The maximum atomic E-state index is 12.5. The quantitative estimate of drug-likeness (QED) is 0.298. The number of methoxy groups -OCH3 is 1. The van der Waals surface area contributed by atoms with Gasteiger partial charge in [0.2, 0.25) is 0 Å². The van der Waals surface area contributed by atoms with E-state index in [2.05, 4.69) is 10.0 Å². The molecule has 28 heavy (non-hydrogen) atoms. The van der Waals surface area contributed by atoms with Gasteiger partial charge in [-0.15, -0.1) is 0 Å². The molecule has 1 aliphatic heterocycles. The first kappa shape index (κ1) is 20.2. The Kier molecular flexibility index (Phi) is 6.95. The van der Waals surface area contributed by atoms with Gasteiger partial charge in [-0.2, -0.15) is 0 Å². The highest BCUT2D eigenvalue weighted by molar-refractivity contribution is 7.99. The molecule has 0 aliphatic carbocycles. The maximum Gasteiger partial charge on any atom is 0.338 e. The molecule has 3 rings (SSSR count). The standard InChI is InChI=1S/C20H21N3O4S/c1-13-8-10-15(11-9-13)28-20-18(25-2)17(16(26-20)12-22-23-21)27-19(24)14-6-4-3-5-7-14/h3-11,16-18,20H,12H2,1-2H3/t16-,17-,18-,20+/m1/s1. The minimum absolute atomic E-state index is 0.0497. The molecule has 0 spiro atoms. The zero-order valence-corrected chi connectivity index (χ0v) is 16.4. The molecular formula is C20H21N3O4S. The summed E-state index contributed by atoms with van der Waals surface area (Å²) in [5.41, 5.74) is 9.88. The molecule has 0 N–H and O–H groups in total. The summed E-state index contributed by atoms with van der Waals surface area (Å²) in [4.78, 5) is 16.3. The van der Waals surface area contributed by atoms with Crippen LogP contribution in [0.1, 0.15) is 15.9 Å². The molecule has 0 saturated carbocycles. The molecule has 2 aromatic rings. The average molecular weight is 399 g/mol. The summed E-state index contributed by atoms with van der Waals surface area (Å²) >= 11 is 1.48. The van der Waals surface area contributed by atoms with E-state index < -0.39 is 29.7 Å². The highest BCUT2D eigenvalue weighted by Crippen LogP contribution is 2.37. The van der Waals surface area contributed by atoms with E-state index in [9.17, 15) is 4.79 Å². The van der Waals surface area contributed by atoms with Crippen molar-refractivity contribution in [2.75, 3.05) is 13.7 Å². The van der Waals surface area contributed by atoms with Gasteiger partial charge >= 0.3 is 5.97 Å². The van der Waals surface area contributed by atoms with Crippen LogP contribution >= 0.6 is 11.8 Å². The molecule has 4 atom stereocenters. The molecule has 146 valence electrons. The van der Waals surface area contributed by atoms with E-state index in [-0.39, 0.29) is 6.54 Å². The SMILES string of the molecule is CO[C@@H]1[C@H](OC(=O)c2ccccc2)[C@@H](CN=[N+]=[N-])O[C@H]1Sc1ccc(C)cc1. The zero-order chi connectivity index (χ0) is 19.9. The first-order valence-electron chi connectivity index (χ1n) is 8.81. The number of aryl methyl sites for hydroxylation is 1. The molecule has 1 aliphatic rings. The topological polar surface area (TPSA) is 93.5 Å². The van der Waals surface area contributed by atoms with Gasteiger partial charge in [0, 0.05) is 16.9 Å². The van der Waals surface area contributed by atoms with Gasteiger partial charge in [0.1, 0.15) is 17.6 Å². The normalized spacial score (nSPS) is 23.8. The number of carbonyl (C=O) groups excluding carboxylic acids is 1. The van der Waals surface area contributed by atoms with E-state index in [1.54, 1.807) is 31.4 Å². The third-order valence-electron chi connectivity index (χ3n) is 4.39. The Morgan fingerprint density at radius 1 is 1.18 bits per heavy atom. The summed E-state index contributed by atoms with van der Waals surface area (Å²) in [6, 6.07) is 16.8. The van der Waals surface area contributed by atoms with Gasteiger partial charge in [0.15, 0.2) is 6.10 Å². The van der Waals surface area contributed by atoms with E-state index in [0.29, 0.717) is 5.56 Å². The van der Waals surface area contributed by atoms with Crippen molar-refractivity contribution in [3.63, 3.8) is 0 Å². The third kappa shape index (κ3) is 4.85. The number of esters is 1. The Bertz CT molecular complexity index is 840. The highest BCUT2D eigenvalue weighted by Gasteiger charge is 2.47. The van der Waals surface area contributed by atoms with E-state index in [1.807, 2.05) is 37.3 Å². The number of nitrogens with zero attached hydrogens (tertiary/aromatic N) is 3. The summed E-state index contributed by atoms with van der Waals surface area (Å²) in [6.45, 7) is 2.07. The van der Waals surface area contributed by atoms with Crippen LogP contribution in [0, 0.1) is 6.92 Å². The Labute approximate surface area is 167 Å². The summed E-state index contributed by atoms with van der Waals surface area (Å²) in [5, 5.41) is 3.61. The lowest BCUT2D eigenvalue weighted by Gasteiger charge is -2.22. The lowest BCUT2D eigenvalue weighted by Crippen LogP contribution is -2.39. The second-order valence-electron chi connectivity index (χ2n) is 6.32. The molecule has 2 aromatic carbocycles. The van der Waals surface area contributed by atoms with Crippen LogP contribution in [-0.2, 0) is 14.2 Å². The van der Waals surface area contributed by atoms with Gasteiger partial charge in [-0.1, -0.05) is 52.8 Å². The van der Waals surface area contributed by atoms with Gasteiger partial charge < -0.3 is 14.2 Å².